The SMILES string of the molecule is COc1ccc2c(N3CCC(C(=O)O)C(C)C3)c(C#N)cnc2c1F. The maximum absolute atomic E-state index is 14.5. The molecule has 6 nitrogen and oxygen atoms in total. The van der Waals surface area contributed by atoms with Gasteiger partial charge >= 0.3 is 5.97 Å². The van der Waals surface area contributed by atoms with Crippen molar-refractivity contribution in [2.24, 2.45) is 11.8 Å². The molecule has 1 aromatic heterocycles. The molecule has 7 heteroatoms. The fraction of sp³-hybridized carbons (Fsp3) is 0.389. The first kappa shape index (κ1) is 17.0. The van der Waals surface area contributed by atoms with E-state index in [-0.39, 0.29) is 17.2 Å². The zero-order valence-corrected chi connectivity index (χ0v) is 14.0. The molecule has 2 atom stereocenters. The van der Waals surface area contributed by atoms with Gasteiger partial charge in [0.25, 0.3) is 0 Å². The van der Waals surface area contributed by atoms with Crippen molar-refractivity contribution >= 4 is 22.6 Å². The summed E-state index contributed by atoms with van der Waals surface area (Å²) in [6.07, 6.45) is 1.83. The number of carboxylic acids is 1. The van der Waals surface area contributed by atoms with Crippen LogP contribution in [-0.2, 0) is 4.79 Å². The second kappa shape index (κ2) is 6.55. The zero-order valence-electron chi connectivity index (χ0n) is 14.0. The van der Waals surface area contributed by atoms with Crippen LogP contribution in [0.5, 0.6) is 5.75 Å². The second-order valence-electron chi connectivity index (χ2n) is 6.27. The Hall–Kier alpha value is -2.88. The topological polar surface area (TPSA) is 86.5 Å². The number of nitrogens with zero attached hydrogens (tertiary/aromatic N) is 3. The molecule has 130 valence electrons. The van der Waals surface area contributed by atoms with Crippen molar-refractivity contribution in [3.63, 3.8) is 0 Å². The lowest BCUT2D eigenvalue weighted by atomic mass is 9.86. The number of aliphatic carboxylic acids is 1. The number of anilines is 1. The van der Waals surface area contributed by atoms with E-state index in [1.54, 1.807) is 6.07 Å². The summed E-state index contributed by atoms with van der Waals surface area (Å²) >= 11 is 0. The zero-order chi connectivity index (χ0) is 18.1. The van der Waals surface area contributed by atoms with E-state index in [1.807, 2.05) is 11.8 Å². The Kier molecular flexibility index (Phi) is 4.45. The third kappa shape index (κ3) is 2.84. The third-order valence-electron chi connectivity index (χ3n) is 4.79. The molecule has 2 heterocycles. The molecule has 25 heavy (non-hydrogen) atoms. The summed E-state index contributed by atoms with van der Waals surface area (Å²) in [7, 11) is 1.38. The summed E-state index contributed by atoms with van der Waals surface area (Å²) in [6, 6.07) is 5.31. The average Bonchev–Trinajstić information content (AvgIpc) is 2.60. The van der Waals surface area contributed by atoms with Crippen molar-refractivity contribution in [1.29, 1.82) is 5.26 Å². The van der Waals surface area contributed by atoms with Crippen LogP contribution in [-0.4, -0.2) is 36.3 Å². The van der Waals surface area contributed by atoms with Crippen molar-refractivity contribution in [3.8, 4) is 11.8 Å². The summed E-state index contributed by atoms with van der Waals surface area (Å²) in [5.74, 6) is -1.77. The van der Waals surface area contributed by atoms with Crippen LogP contribution in [0, 0.1) is 29.0 Å². The van der Waals surface area contributed by atoms with Crippen LogP contribution < -0.4 is 9.64 Å². The number of aromatic nitrogens is 1. The minimum Gasteiger partial charge on any atom is -0.494 e. The molecule has 1 saturated heterocycles. The highest BCUT2D eigenvalue weighted by Gasteiger charge is 2.32. The highest BCUT2D eigenvalue weighted by atomic mass is 19.1. The van der Waals surface area contributed by atoms with Crippen LogP contribution in [0.15, 0.2) is 18.3 Å². The van der Waals surface area contributed by atoms with E-state index in [4.69, 9.17) is 4.74 Å². The minimum atomic E-state index is -0.803. The van der Waals surface area contributed by atoms with Crippen LogP contribution in [0.2, 0.25) is 0 Å². The van der Waals surface area contributed by atoms with Crippen molar-refractivity contribution in [3.05, 3.63) is 29.7 Å². The number of carboxylic acid groups (broad SMARTS) is 1. The van der Waals surface area contributed by atoms with Gasteiger partial charge < -0.3 is 14.7 Å². The Balaban J connectivity index is 2.11. The molecule has 2 unspecified atom stereocenters. The van der Waals surface area contributed by atoms with Gasteiger partial charge in [0.2, 0.25) is 0 Å². The molecule has 3 rings (SSSR count). The second-order valence-corrected chi connectivity index (χ2v) is 6.27. The van der Waals surface area contributed by atoms with Crippen LogP contribution in [0.3, 0.4) is 0 Å². The number of ether oxygens (including phenoxy) is 1. The standard InChI is InChI=1S/C18H18FN3O3/c1-10-9-22(6-5-12(10)18(23)24)17-11(7-20)8-21-16-13(17)3-4-14(25-2)15(16)19/h3-4,8,10,12H,5-6,9H2,1-2H3,(H,23,24). The average molecular weight is 343 g/mol. The minimum absolute atomic E-state index is 0.0795. The van der Waals surface area contributed by atoms with E-state index < -0.39 is 17.7 Å². The molecular weight excluding hydrogens is 325 g/mol. The number of piperidine rings is 1. The molecule has 1 fully saturated rings. The Labute approximate surface area is 144 Å². The molecule has 0 radical (unpaired) electrons. The first-order chi connectivity index (χ1) is 12.0. The molecule has 1 aliphatic rings. The Morgan fingerprint density at radius 2 is 2.28 bits per heavy atom. The van der Waals surface area contributed by atoms with E-state index in [9.17, 15) is 19.6 Å². The maximum atomic E-state index is 14.5. The Bertz CT molecular complexity index is 878. The molecule has 0 aliphatic carbocycles. The number of hydrogen-bond acceptors (Lipinski definition) is 5. The summed E-state index contributed by atoms with van der Waals surface area (Å²) < 4.78 is 19.5. The number of fused-ring (bicyclic) bond motifs is 1. The van der Waals surface area contributed by atoms with E-state index in [2.05, 4.69) is 11.1 Å². The number of carbonyl (C=O) groups is 1. The van der Waals surface area contributed by atoms with Crippen LogP contribution in [0.1, 0.15) is 18.9 Å². The molecule has 0 bridgehead atoms. The maximum Gasteiger partial charge on any atom is 0.306 e. The predicted molar refractivity (Wildman–Crippen MR) is 90.1 cm³/mol. The molecule has 1 aromatic carbocycles. The highest BCUT2D eigenvalue weighted by Crippen LogP contribution is 2.36. The van der Waals surface area contributed by atoms with Crippen LogP contribution >= 0.6 is 0 Å². The molecule has 0 amide bonds. The summed E-state index contributed by atoms with van der Waals surface area (Å²) in [5.41, 5.74) is 1.09. The lowest BCUT2D eigenvalue weighted by molar-refractivity contribution is -0.144. The molecule has 1 N–H and O–H groups in total. The number of methoxy groups -OCH3 is 1. The number of benzene rings is 1. The van der Waals surface area contributed by atoms with Gasteiger partial charge in [0, 0.05) is 24.7 Å². The highest BCUT2D eigenvalue weighted by molar-refractivity contribution is 5.95. The summed E-state index contributed by atoms with van der Waals surface area (Å²) in [6.45, 7) is 2.85. The monoisotopic (exact) mass is 343 g/mol. The first-order valence-electron chi connectivity index (χ1n) is 8.01. The van der Waals surface area contributed by atoms with E-state index in [1.165, 1.54) is 19.4 Å². The van der Waals surface area contributed by atoms with Crippen molar-refractivity contribution in [2.45, 2.75) is 13.3 Å². The van der Waals surface area contributed by atoms with Gasteiger partial charge in [-0.05, 0) is 24.5 Å². The van der Waals surface area contributed by atoms with Gasteiger partial charge in [-0.3, -0.25) is 9.78 Å². The fourth-order valence-corrected chi connectivity index (χ4v) is 3.49. The normalized spacial score (nSPS) is 20.3. The van der Waals surface area contributed by atoms with E-state index >= 15 is 0 Å². The number of pyridine rings is 1. The van der Waals surface area contributed by atoms with Crippen LogP contribution in [0.4, 0.5) is 10.1 Å². The van der Waals surface area contributed by atoms with Crippen molar-refractivity contribution in [1.82, 2.24) is 4.98 Å². The predicted octanol–water partition coefficient (Wildman–Crippen LogP) is 2.80. The van der Waals surface area contributed by atoms with Gasteiger partial charge in [0.15, 0.2) is 11.6 Å². The van der Waals surface area contributed by atoms with Gasteiger partial charge in [0.05, 0.1) is 24.3 Å². The largest absolute Gasteiger partial charge is 0.494 e. The Morgan fingerprint density at radius 1 is 1.52 bits per heavy atom. The van der Waals surface area contributed by atoms with Crippen molar-refractivity contribution < 1.29 is 19.0 Å². The number of halogens is 1. The van der Waals surface area contributed by atoms with Gasteiger partial charge in [-0.2, -0.15) is 5.26 Å². The van der Waals surface area contributed by atoms with E-state index in [0.717, 1.165) is 0 Å². The van der Waals surface area contributed by atoms with Gasteiger partial charge in [-0.25, -0.2) is 4.39 Å². The first-order valence-corrected chi connectivity index (χ1v) is 8.01. The van der Waals surface area contributed by atoms with Gasteiger partial charge in [-0.15, -0.1) is 0 Å². The fourth-order valence-electron chi connectivity index (χ4n) is 3.49. The number of hydrogen-bond donors (Lipinski definition) is 1. The lowest BCUT2D eigenvalue weighted by Gasteiger charge is -2.37. The number of rotatable bonds is 3. The lowest BCUT2D eigenvalue weighted by Crippen LogP contribution is -2.42. The summed E-state index contributed by atoms with van der Waals surface area (Å²) in [5, 5.41) is 19.3. The summed E-state index contributed by atoms with van der Waals surface area (Å²) in [4.78, 5) is 17.4. The van der Waals surface area contributed by atoms with E-state index in [0.29, 0.717) is 36.1 Å². The van der Waals surface area contributed by atoms with Crippen LogP contribution in [0.25, 0.3) is 10.9 Å². The van der Waals surface area contributed by atoms with Gasteiger partial charge in [0.1, 0.15) is 11.6 Å². The van der Waals surface area contributed by atoms with Gasteiger partial charge in [-0.1, -0.05) is 6.92 Å². The number of nitriles is 1. The third-order valence-corrected chi connectivity index (χ3v) is 4.79. The molecule has 2 aromatic rings. The smallest absolute Gasteiger partial charge is 0.306 e. The Morgan fingerprint density at radius 3 is 2.88 bits per heavy atom. The quantitative estimate of drug-likeness (QED) is 0.922. The molecule has 1 aliphatic heterocycles. The molecule has 0 spiro atoms. The van der Waals surface area contributed by atoms with Crippen molar-refractivity contribution in [2.75, 3.05) is 25.1 Å². The molecule has 0 saturated carbocycles. The molecular formula is C18H18FN3O3.